The first-order valence-corrected chi connectivity index (χ1v) is 12.7. The van der Waals surface area contributed by atoms with Gasteiger partial charge in [0.1, 0.15) is 5.65 Å². The van der Waals surface area contributed by atoms with Crippen LogP contribution in [0.1, 0.15) is 69.4 Å². The molecule has 1 N–H and O–H groups in total. The maximum atomic E-state index is 12.7. The topological polar surface area (TPSA) is 104 Å². The molecule has 1 aliphatic carbocycles. The van der Waals surface area contributed by atoms with Gasteiger partial charge in [0.15, 0.2) is 0 Å². The Kier molecular flexibility index (Phi) is 6.13. The Bertz CT molecular complexity index is 1450. The molecule has 6 rings (SSSR count). The smallest absolute Gasteiger partial charge is 0.299 e. The van der Waals surface area contributed by atoms with Crippen LogP contribution in [0.4, 0.5) is 0 Å². The van der Waals surface area contributed by atoms with E-state index in [0.29, 0.717) is 36.3 Å². The molecule has 4 heterocycles. The van der Waals surface area contributed by atoms with Gasteiger partial charge < -0.3 is 5.11 Å². The molecule has 0 fully saturated rings. The van der Waals surface area contributed by atoms with E-state index in [4.69, 9.17) is 9.97 Å². The van der Waals surface area contributed by atoms with Gasteiger partial charge in [0.05, 0.1) is 28.6 Å². The zero-order chi connectivity index (χ0) is 25.4. The summed E-state index contributed by atoms with van der Waals surface area (Å²) in [5.41, 5.74) is 4.86. The van der Waals surface area contributed by atoms with Crippen molar-refractivity contribution in [2.24, 2.45) is 0 Å². The van der Waals surface area contributed by atoms with Crippen LogP contribution in [0.3, 0.4) is 0 Å². The number of rotatable bonds is 8. The number of hydrogen-bond acceptors (Lipinski definition) is 7. The van der Waals surface area contributed by atoms with Gasteiger partial charge in [-0.1, -0.05) is 18.2 Å². The van der Waals surface area contributed by atoms with E-state index in [1.165, 1.54) is 10.5 Å². The van der Waals surface area contributed by atoms with Crippen molar-refractivity contribution < 1.29 is 14.7 Å². The summed E-state index contributed by atoms with van der Waals surface area (Å²) in [6.45, 7) is 1.75. The Morgan fingerprint density at radius 2 is 1.78 bits per heavy atom. The van der Waals surface area contributed by atoms with Gasteiger partial charge in [-0.3, -0.25) is 28.8 Å². The molecule has 188 valence electrons. The van der Waals surface area contributed by atoms with Crippen LogP contribution >= 0.6 is 0 Å². The zero-order valence-corrected chi connectivity index (χ0v) is 20.5. The fraction of sp³-hybridized carbons (Fsp3) is 0.321. The van der Waals surface area contributed by atoms with Crippen LogP contribution in [0.5, 0.6) is 6.01 Å². The Morgan fingerprint density at radius 3 is 2.57 bits per heavy atom. The van der Waals surface area contributed by atoms with Crippen molar-refractivity contribution in [1.29, 1.82) is 0 Å². The van der Waals surface area contributed by atoms with Gasteiger partial charge in [-0.15, -0.1) is 0 Å². The van der Waals surface area contributed by atoms with E-state index in [1.807, 2.05) is 18.5 Å². The monoisotopic (exact) mass is 496 g/mol. The SMILES string of the molecule is O=C1c2ccccc2C(=O)N1CCCCN(Cc1cn2c(O)nccc2n1)[C@H]1CCCc2cccnc21. The molecule has 9 heteroatoms. The molecular weight excluding hydrogens is 468 g/mol. The number of pyridine rings is 1. The van der Waals surface area contributed by atoms with Crippen LogP contribution in [-0.2, 0) is 13.0 Å². The Balaban J connectivity index is 1.18. The number of unbranched alkanes of at least 4 members (excludes halogenated alkanes) is 1. The first-order valence-electron chi connectivity index (χ1n) is 12.7. The summed E-state index contributed by atoms with van der Waals surface area (Å²) < 4.78 is 1.59. The third-order valence-corrected chi connectivity index (χ3v) is 7.34. The second kappa shape index (κ2) is 9.74. The van der Waals surface area contributed by atoms with Crippen LogP contribution in [-0.4, -0.2) is 59.2 Å². The van der Waals surface area contributed by atoms with Crippen molar-refractivity contribution in [2.45, 2.75) is 44.7 Å². The van der Waals surface area contributed by atoms with Crippen molar-refractivity contribution in [2.75, 3.05) is 13.1 Å². The number of nitrogens with zero attached hydrogens (tertiary/aromatic N) is 6. The summed E-state index contributed by atoms with van der Waals surface area (Å²) in [5.74, 6) is -0.415. The molecule has 0 radical (unpaired) electrons. The van der Waals surface area contributed by atoms with E-state index in [0.717, 1.165) is 43.6 Å². The predicted molar refractivity (Wildman–Crippen MR) is 136 cm³/mol. The fourth-order valence-electron chi connectivity index (χ4n) is 5.55. The minimum absolute atomic E-state index is 0.0894. The largest absolute Gasteiger partial charge is 0.480 e. The molecule has 1 atom stereocenters. The summed E-state index contributed by atoms with van der Waals surface area (Å²) in [6.07, 6.45) is 9.86. The molecule has 0 spiro atoms. The van der Waals surface area contributed by atoms with E-state index >= 15 is 0 Å². The summed E-state index contributed by atoms with van der Waals surface area (Å²) >= 11 is 0. The lowest BCUT2D eigenvalue weighted by atomic mass is 9.90. The molecule has 1 aliphatic heterocycles. The average molecular weight is 497 g/mol. The molecule has 0 bridgehead atoms. The number of amides is 2. The van der Waals surface area contributed by atoms with Gasteiger partial charge in [0.2, 0.25) is 0 Å². The minimum atomic E-state index is -0.207. The molecule has 0 saturated heterocycles. The molecule has 37 heavy (non-hydrogen) atoms. The molecule has 2 amide bonds. The number of benzene rings is 1. The zero-order valence-electron chi connectivity index (χ0n) is 20.5. The highest BCUT2D eigenvalue weighted by atomic mass is 16.3. The molecule has 2 aliphatic rings. The number of carbonyl (C=O) groups excluding carboxylic acids is 2. The molecule has 3 aromatic heterocycles. The number of carbonyl (C=O) groups is 2. The highest BCUT2D eigenvalue weighted by Crippen LogP contribution is 2.34. The number of imide groups is 1. The van der Waals surface area contributed by atoms with E-state index in [1.54, 1.807) is 40.9 Å². The number of fused-ring (bicyclic) bond motifs is 3. The van der Waals surface area contributed by atoms with Gasteiger partial charge in [0.25, 0.3) is 17.8 Å². The Hall–Kier alpha value is -4.11. The van der Waals surface area contributed by atoms with Gasteiger partial charge in [0, 0.05) is 31.7 Å². The van der Waals surface area contributed by atoms with Crippen molar-refractivity contribution in [1.82, 2.24) is 29.2 Å². The molecule has 4 aromatic rings. The lowest BCUT2D eigenvalue weighted by Crippen LogP contribution is -2.34. The van der Waals surface area contributed by atoms with E-state index in [2.05, 4.69) is 16.0 Å². The van der Waals surface area contributed by atoms with Gasteiger partial charge in [-0.2, -0.15) is 0 Å². The van der Waals surface area contributed by atoms with Crippen LogP contribution in [0, 0.1) is 0 Å². The minimum Gasteiger partial charge on any atom is -0.480 e. The number of imidazole rings is 1. The Morgan fingerprint density at radius 1 is 0.973 bits per heavy atom. The molecule has 9 nitrogen and oxygen atoms in total. The standard InChI is InChI=1S/C28H28N6O3/c35-26-21-9-1-2-10-22(21)27(36)33(26)16-4-3-15-32(23-11-5-7-19-8-6-13-29-25(19)23)17-20-18-34-24(31-20)12-14-30-28(34)37/h1-2,6,8-10,12-14,18,23H,3-5,7,11,15-17H2,(H,30,37)/t23-/m0/s1. The highest BCUT2D eigenvalue weighted by molar-refractivity contribution is 6.21. The number of aromatic hydroxyl groups is 1. The Labute approximate surface area is 214 Å². The van der Waals surface area contributed by atoms with E-state index in [9.17, 15) is 14.7 Å². The third-order valence-electron chi connectivity index (χ3n) is 7.34. The second-order valence-corrected chi connectivity index (χ2v) is 9.65. The molecule has 0 unspecified atom stereocenters. The van der Waals surface area contributed by atoms with Crippen molar-refractivity contribution >= 4 is 17.5 Å². The van der Waals surface area contributed by atoms with Crippen molar-refractivity contribution in [3.05, 3.63) is 89.1 Å². The van der Waals surface area contributed by atoms with Crippen LogP contribution in [0.25, 0.3) is 5.65 Å². The lowest BCUT2D eigenvalue weighted by Gasteiger charge is -2.34. The van der Waals surface area contributed by atoms with Crippen LogP contribution < -0.4 is 0 Å². The number of aromatic nitrogens is 4. The molecule has 0 saturated carbocycles. The lowest BCUT2D eigenvalue weighted by molar-refractivity contribution is 0.0648. The third kappa shape index (κ3) is 4.35. The number of aryl methyl sites for hydroxylation is 1. The van der Waals surface area contributed by atoms with Crippen molar-refractivity contribution in [3.63, 3.8) is 0 Å². The van der Waals surface area contributed by atoms with E-state index in [-0.39, 0.29) is 23.9 Å². The summed E-state index contributed by atoms with van der Waals surface area (Å²) in [6, 6.07) is 13.0. The fourth-order valence-corrected chi connectivity index (χ4v) is 5.55. The molecular formula is C28H28N6O3. The maximum Gasteiger partial charge on any atom is 0.299 e. The van der Waals surface area contributed by atoms with Gasteiger partial charge in [-0.25, -0.2) is 9.97 Å². The van der Waals surface area contributed by atoms with Crippen molar-refractivity contribution in [3.8, 4) is 6.01 Å². The van der Waals surface area contributed by atoms with Gasteiger partial charge >= 0.3 is 0 Å². The average Bonchev–Trinajstić information content (AvgIpc) is 3.45. The van der Waals surface area contributed by atoms with Crippen LogP contribution in [0.2, 0.25) is 0 Å². The first-order chi connectivity index (χ1) is 18.1. The normalized spacial score (nSPS) is 17.0. The summed E-state index contributed by atoms with van der Waals surface area (Å²) in [4.78, 5) is 42.6. The number of hydrogen-bond donors (Lipinski definition) is 1. The van der Waals surface area contributed by atoms with Crippen LogP contribution in [0.15, 0.2) is 61.1 Å². The maximum absolute atomic E-state index is 12.7. The molecule has 1 aromatic carbocycles. The quantitative estimate of drug-likeness (QED) is 0.292. The summed E-state index contributed by atoms with van der Waals surface area (Å²) in [7, 11) is 0. The van der Waals surface area contributed by atoms with E-state index < -0.39 is 0 Å². The second-order valence-electron chi connectivity index (χ2n) is 9.65. The van der Waals surface area contributed by atoms with Gasteiger partial charge in [-0.05, 0) is 68.5 Å². The summed E-state index contributed by atoms with van der Waals surface area (Å²) in [5, 5.41) is 10.1. The first kappa shape index (κ1) is 23.3. The predicted octanol–water partition coefficient (Wildman–Crippen LogP) is 3.79. The highest BCUT2D eigenvalue weighted by Gasteiger charge is 2.34.